The molecule has 1 saturated carbocycles. The number of benzene rings is 2. The summed E-state index contributed by atoms with van der Waals surface area (Å²) in [7, 11) is 1.91. The summed E-state index contributed by atoms with van der Waals surface area (Å²) in [6.07, 6.45) is 7.35. The van der Waals surface area contributed by atoms with E-state index in [9.17, 15) is 9.90 Å². The molecule has 4 aliphatic rings. The van der Waals surface area contributed by atoms with Crippen molar-refractivity contribution in [2.75, 3.05) is 20.1 Å². The molecule has 0 unspecified atom stereocenters. The summed E-state index contributed by atoms with van der Waals surface area (Å²) < 4.78 is 6.68. The minimum absolute atomic E-state index is 0.00700. The van der Waals surface area contributed by atoms with Gasteiger partial charge in [0.1, 0.15) is 6.10 Å². The highest BCUT2D eigenvalue weighted by molar-refractivity contribution is 5.92. The van der Waals surface area contributed by atoms with E-state index in [1.54, 1.807) is 12.1 Å². The molecule has 2 fully saturated rings. The fourth-order valence-electron chi connectivity index (χ4n) is 7.76. The third-order valence-corrected chi connectivity index (χ3v) is 9.18. The molecule has 5 nitrogen and oxygen atoms in total. The van der Waals surface area contributed by atoms with Gasteiger partial charge in [-0.25, -0.2) is 0 Å². The molecule has 2 aromatic carbocycles. The van der Waals surface area contributed by atoms with E-state index in [2.05, 4.69) is 43.5 Å². The molecule has 2 bridgehead atoms. The molecule has 2 aromatic rings. The molecule has 2 aliphatic heterocycles. The van der Waals surface area contributed by atoms with Crippen LogP contribution in [0.15, 0.2) is 54.6 Å². The largest absolute Gasteiger partial charge is 0.504 e. The van der Waals surface area contributed by atoms with Crippen LogP contribution in [0.4, 0.5) is 0 Å². The number of phenols is 1. The Morgan fingerprint density at radius 2 is 2.14 bits per heavy atom. The van der Waals surface area contributed by atoms with Crippen LogP contribution in [0.25, 0.3) is 6.08 Å². The number of likely N-dealkylation sites (N-methyl/N-ethyl adjacent to an activating group) is 1. The highest BCUT2D eigenvalue weighted by Gasteiger charge is 2.66. The molecule has 0 radical (unpaired) electrons. The van der Waals surface area contributed by atoms with Gasteiger partial charge in [-0.05, 0) is 75.3 Å². The summed E-state index contributed by atoms with van der Waals surface area (Å²) in [6.45, 7) is 10.3. The van der Waals surface area contributed by atoms with Gasteiger partial charge in [-0.3, -0.25) is 9.69 Å². The van der Waals surface area contributed by atoms with Crippen LogP contribution in [0, 0.1) is 12.8 Å². The number of ether oxygens (including phenoxy) is 1. The molecule has 2 heterocycles. The maximum absolute atomic E-state index is 13.4. The van der Waals surface area contributed by atoms with Gasteiger partial charge in [0.2, 0.25) is 5.91 Å². The predicted octanol–water partition coefficient (Wildman–Crippen LogP) is 4.86. The Hall–Kier alpha value is -3.05. The van der Waals surface area contributed by atoms with Crippen LogP contribution in [0.3, 0.4) is 0 Å². The summed E-state index contributed by atoms with van der Waals surface area (Å²) in [5.74, 6) is 1.34. The highest BCUT2D eigenvalue weighted by Crippen LogP contribution is 2.64. The van der Waals surface area contributed by atoms with Crippen LogP contribution < -0.4 is 4.74 Å². The third-order valence-electron chi connectivity index (χ3n) is 9.18. The van der Waals surface area contributed by atoms with Gasteiger partial charge >= 0.3 is 0 Å². The second-order valence-corrected chi connectivity index (χ2v) is 11.4. The molecule has 6 rings (SSSR count). The zero-order valence-corrected chi connectivity index (χ0v) is 21.5. The van der Waals surface area contributed by atoms with E-state index in [4.69, 9.17) is 4.74 Å². The highest BCUT2D eigenvalue weighted by atomic mass is 16.5. The molecule has 5 heteroatoms. The second-order valence-electron chi connectivity index (χ2n) is 11.4. The summed E-state index contributed by atoms with van der Waals surface area (Å²) in [5, 5.41) is 10.8. The van der Waals surface area contributed by atoms with Gasteiger partial charge < -0.3 is 14.7 Å². The van der Waals surface area contributed by atoms with Gasteiger partial charge in [0.15, 0.2) is 11.5 Å². The Kier molecular flexibility index (Phi) is 5.52. The summed E-state index contributed by atoms with van der Waals surface area (Å²) in [5.41, 5.74) is 5.76. The first-order valence-corrected chi connectivity index (χ1v) is 13.2. The molecular formula is C31H36N2O3. The lowest BCUT2D eigenvalue weighted by Gasteiger charge is -2.60. The lowest BCUT2D eigenvalue weighted by atomic mass is 9.51. The van der Waals surface area contributed by atoms with Gasteiger partial charge in [0.25, 0.3) is 0 Å². The van der Waals surface area contributed by atoms with E-state index in [0.29, 0.717) is 17.7 Å². The molecule has 2 aliphatic carbocycles. The number of hydrogen-bond acceptors (Lipinski definition) is 4. The Balaban J connectivity index is 1.34. The van der Waals surface area contributed by atoms with Crippen molar-refractivity contribution in [3.8, 4) is 11.5 Å². The van der Waals surface area contributed by atoms with Crippen molar-refractivity contribution in [2.24, 2.45) is 5.92 Å². The first-order valence-electron chi connectivity index (χ1n) is 13.2. The zero-order valence-electron chi connectivity index (χ0n) is 21.5. The van der Waals surface area contributed by atoms with Crippen LogP contribution in [0.5, 0.6) is 11.5 Å². The van der Waals surface area contributed by atoms with Gasteiger partial charge in [-0.15, -0.1) is 0 Å². The average Bonchev–Trinajstić information content (AvgIpc) is 3.20. The number of carbonyl (C=O) groups is 1. The summed E-state index contributed by atoms with van der Waals surface area (Å²) >= 11 is 0. The fourth-order valence-corrected chi connectivity index (χ4v) is 7.76. The first-order chi connectivity index (χ1) is 17.3. The molecular weight excluding hydrogens is 448 g/mol. The van der Waals surface area contributed by atoms with E-state index in [-0.39, 0.29) is 29.2 Å². The minimum atomic E-state index is -0.157. The first kappa shape index (κ1) is 23.4. The van der Waals surface area contributed by atoms with Gasteiger partial charge in [0.05, 0.1) is 6.04 Å². The van der Waals surface area contributed by atoms with Crippen molar-refractivity contribution in [3.05, 3.63) is 76.9 Å². The molecule has 188 valence electrons. The van der Waals surface area contributed by atoms with E-state index in [1.165, 1.54) is 22.3 Å². The number of carbonyl (C=O) groups excluding carboxylic acids is 1. The number of rotatable bonds is 5. The van der Waals surface area contributed by atoms with Crippen molar-refractivity contribution in [1.82, 2.24) is 9.80 Å². The van der Waals surface area contributed by atoms with Gasteiger partial charge in [-0.1, -0.05) is 48.0 Å². The number of nitrogens with zero attached hydrogens (tertiary/aromatic N) is 2. The predicted molar refractivity (Wildman–Crippen MR) is 142 cm³/mol. The van der Waals surface area contributed by atoms with Crippen molar-refractivity contribution in [1.29, 1.82) is 0 Å². The van der Waals surface area contributed by atoms with E-state index >= 15 is 0 Å². The number of hydrogen-bond donors (Lipinski definition) is 1. The Bertz CT molecular complexity index is 1270. The number of aromatic hydroxyl groups is 1. The standard InChI is InChI=1S/C31H36N2O3/c1-19(2)18-33-15-14-31-23-10-11-24(32(4)27(35)13-8-21-7-5-6-20(3)16-21)30(31)36-29-26(34)12-9-22(28(29)31)17-25(23)33/h5-9,12-13,16,23-25,30,34H,1,10-11,14-15,17-18H2,2-4H3/t23-,24+,25+,30-,31-/m0/s1. The van der Waals surface area contributed by atoms with E-state index in [0.717, 1.165) is 44.3 Å². The van der Waals surface area contributed by atoms with Crippen molar-refractivity contribution in [2.45, 2.75) is 63.1 Å². The zero-order chi connectivity index (χ0) is 25.2. The number of aryl methyl sites for hydroxylation is 1. The quantitative estimate of drug-likeness (QED) is 0.487. The van der Waals surface area contributed by atoms with Crippen molar-refractivity contribution < 1.29 is 14.6 Å². The second kappa shape index (κ2) is 8.52. The normalized spacial score (nSPS) is 30.1. The molecule has 1 amide bonds. The average molecular weight is 485 g/mol. The van der Waals surface area contributed by atoms with Gasteiger partial charge in [0, 0.05) is 36.7 Å². The third kappa shape index (κ3) is 3.43. The Labute approximate surface area is 214 Å². The van der Waals surface area contributed by atoms with Crippen LogP contribution in [-0.2, 0) is 16.6 Å². The van der Waals surface area contributed by atoms with E-state index < -0.39 is 0 Å². The lowest BCUT2D eigenvalue weighted by molar-refractivity contribution is -0.135. The molecule has 1 saturated heterocycles. The number of piperidine rings is 1. The minimum Gasteiger partial charge on any atom is -0.504 e. The van der Waals surface area contributed by atoms with Crippen molar-refractivity contribution >= 4 is 12.0 Å². The van der Waals surface area contributed by atoms with Crippen LogP contribution in [-0.4, -0.2) is 59.1 Å². The maximum atomic E-state index is 13.4. The molecule has 1 spiro atoms. The maximum Gasteiger partial charge on any atom is 0.246 e. The smallest absolute Gasteiger partial charge is 0.246 e. The van der Waals surface area contributed by atoms with Crippen LogP contribution in [0.2, 0.25) is 0 Å². The SMILES string of the molecule is C=C(C)CN1CC[C@]23c4c5ccc(O)c4O[C@H]2[C@H](N(C)C(=O)C=Cc2cccc(C)c2)CC[C@H]3[C@H]1C5. The summed E-state index contributed by atoms with van der Waals surface area (Å²) in [6, 6.07) is 12.4. The molecule has 1 N–H and O–H groups in total. The molecule has 36 heavy (non-hydrogen) atoms. The van der Waals surface area contributed by atoms with Crippen LogP contribution >= 0.6 is 0 Å². The Morgan fingerprint density at radius 1 is 1.31 bits per heavy atom. The molecule has 5 atom stereocenters. The Morgan fingerprint density at radius 3 is 2.92 bits per heavy atom. The number of phenolic OH excluding ortho intramolecular Hbond substituents is 1. The van der Waals surface area contributed by atoms with Crippen LogP contribution in [0.1, 0.15) is 48.4 Å². The van der Waals surface area contributed by atoms with Crippen molar-refractivity contribution in [3.63, 3.8) is 0 Å². The van der Waals surface area contributed by atoms with Gasteiger partial charge in [-0.2, -0.15) is 0 Å². The monoisotopic (exact) mass is 484 g/mol. The lowest BCUT2D eigenvalue weighted by Crippen LogP contribution is -2.69. The molecule has 0 aromatic heterocycles. The number of amides is 1. The van der Waals surface area contributed by atoms with E-state index in [1.807, 2.05) is 30.2 Å². The summed E-state index contributed by atoms with van der Waals surface area (Å²) in [4.78, 5) is 17.8. The number of likely N-dealkylation sites (tertiary alicyclic amines) is 1. The topological polar surface area (TPSA) is 53.0 Å². The fraction of sp³-hybridized carbons (Fsp3) is 0.452.